The monoisotopic (exact) mass is 318 g/mol. The smallest absolute Gasteiger partial charge is 0.271 e. The van der Waals surface area contributed by atoms with Crippen molar-refractivity contribution in [3.05, 3.63) is 28.0 Å². The number of rotatable bonds is 7. The maximum Gasteiger partial charge on any atom is 0.271 e. The Morgan fingerprint density at radius 1 is 1.50 bits per heavy atom. The van der Waals surface area contributed by atoms with Crippen LogP contribution in [0.2, 0.25) is 10.2 Å². The Kier molecular flexibility index (Phi) is 5.60. The quantitative estimate of drug-likeness (QED) is 0.753. The average Bonchev–Trinajstić information content (AvgIpc) is 3.23. The van der Waals surface area contributed by atoms with Crippen molar-refractivity contribution >= 4 is 29.1 Å². The third-order valence-corrected chi connectivity index (χ3v) is 3.40. The molecule has 0 spiro atoms. The molecule has 0 bridgehead atoms. The van der Waals surface area contributed by atoms with Gasteiger partial charge in [-0.05, 0) is 30.9 Å². The van der Waals surface area contributed by atoms with Crippen molar-refractivity contribution in [3.8, 4) is 0 Å². The summed E-state index contributed by atoms with van der Waals surface area (Å²) in [5.74, 6) is 0.171. The lowest BCUT2D eigenvalue weighted by Gasteiger charge is -2.12. The Bertz CT molecular complexity index is 481. The number of ether oxygens (including phenoxy) is 1. The van der Waals surface area contributed by atoms with Crippen molar-refractivity contribution in [1.29, 1.82) is 0 Å². The lowest BCUT2D eigenvalue weighted by atomic mass is 10.3. The first-order valence-corrected chi connectivity index (χ1v) is 7.18. The lowest BCUT2D eigenvalue weighted by molar-refractivity contribution is 0.0320. The number of aromatic nitrogens is 1. The maximum atomic E-state index is 11.8. The van der Waals surface area contributed by atoms with Crippen LogP contribution >= 0.6 is 23.2 Å². The molecule has 5 nitrogen and oxygen atoms in total. The molecule has 1 amide bonds. The van der Waals surface area contributed by atoms with Gasteiger partial charge in [0.1, 0.15) is 10.8 Å². The molecule has 7 heteroatoms. The molecule has 0 aromatic carbocycles. The van der Waals surface area contributed by atoms with E-state index in [2.05, 4.69) is 10.3 Å². The van der Waals surface area contributed by atoms with E-state index in [0.29, 0.717) is 12.5 Å². The van der Waals surface area contributed by atoms with Crippen LogP contribution in [0.1, 0.15) is 23.3 Å². The first-order chi connectivity index (χ1) is 9.56. The van der Waals surface area contributed by atoms with Gasteiger partial charge in [0.05, 0.1) is 17.7 Å². The summed E-state index contributed by atoms with van der Waals surface area (Å²) in [5, 5.41) is 12.6. The molecule has 20 heavy (non-hydrogen) atoms. The first kappa shape index (κ1) is 15.5. The minimum absolute atomic E-state index is 0.0465. The molecule has 110 valence electrons. The van der Waals surface area contributed by atoms with E-state index in [1.807, 2.05) is 0 Å². The van der Waals surface area contributed by atoms with Gasteiger partial charge < -0.3 is 15.2 Å². The highest BCUT2D eigenvalue weighted by Crippen LogP contribution is 2.28. The van der Waals surface area contributed by atoms with Gasteiger partial charge in [-0.25, -0.2) is 4.98 Å². The van der Waals surface area contributed by atoms with Crippen molar-refractivity contribution < 1.29 is 14.6 Å². The van der Waals surface area contributed by atoms with Gasteiger partial charge in [0.25, 0.3) is 5.91 Å². The molecule has 2 N–H and O–H groups in total. The summed E-state index contributed by atoms with van der Waals surface area (Å²) in [4.78, 5) is 15.7. The maximum absolute atomic E-state index is 11.8. The molecule has 0 radical (unpaired) electrons. The fourth-order valence-corrected chi connectivity index (χ4v) is 1.92. The second kappa shape index (κ2) is 7.22. The third-order valence-electron chi connectivity index (χ3n) is 2.89. The zero-order valence-electron chi connectivity index (χ0n) is 10.8. The summed E-state index contributed by atoms with van der Waals surface area (Å²) in [6.07, 6.45) is 1.65. The van der Waals surface area contributed by atoms with Crippen LogP contribution < -0.4 is 5.32 Å². The molecule has 1 fully saturated rings. The normalized spacial score (nSPS) is 15.9. The molecule has 1 saturated carbocycles. The summed E-state index contributed by atoms with van der Waals surface area (Å²) in [7, 11) is 0. The van der Waals surface area contributed by atoms with E-state index >= 15 is 0 Å². The number of nitrogens with one attached hydrogen (secondary N) is 1. The number of aliphatic hydroxyl groups is 1. The van der Waals surface area contributed by atoms with E-state index in [9.17, 15) is 9.90 Å². The largest absolute Gasteiger partial charge is 0.389 e. The van der Waals surface area contributed by atoms with Gasteiger partial charge in [0.15, 0.2) is 0 Å². The van der Waals surface area contributed by atoms with E-state index in [-0.39, 0.29) is 29.0 Å². The molecule has 1 aliphatic rings. The van der Waals surface area contributed by atoms with Gasteiger partial charge in [-0.15, -0.1) is 0 Å². The number of aliphatic hydroxyl groups excluding tert-OH is 1. The van der Waals surface area contributed by atoms with Crippen molar-refractivity contribution in [2.24, 2.45) is 5.92 Å². The summed E-state index contributed by atoms with van der Waals surface area (Å²) < 4.78 is 5.34. The van der Waals surface area contributed by atoms with Gasteiger partial charge in [0.2, 0.25) is 0 Å². The van der Waals surface area contributed by atoms with Crippen LogP contribution in [0.5, 0.6) is 0 Å². The Morgan fingerprint density at radius 3 is 2.95 bits per heavy atom. The van der Waals surface area contributed by atoms with Gasteiger partial charge in [-0.1, -0.05) is 23.2 Å². The fraction of sp³-hybridized carbons (Fsp3) is 0.538. The molecule has 1 aromatic rings. The zero-order chi connectivity index (χ0) is 14.5. The number of amides is 1. The topological polar surface area (TPSA) is 71.5 Å². The molecule has 1 atom stereocenters. The molecule has 1 heterocycles. The van der Waals surface area contributed by atoms with Crippen molar-refractivity contribution in [1.82, 2.24) is 10.3 Å². The van der Waals surface area contributed by atoms with Crippen LogP contribution in [0.15, 0.2) is 12.1 Å². The Morgan fingerprint density at radius 2 is 2.25 bits per heavy atom. The number of hydrogen-bond acceptors (Lipinski definition) is 4. The fourth-order valence-electron chi connectivity index (χ4n) is 1.59. The van der Waals surface area contributed by atoms with Crippen LogP contribution in [0.4, 0.5) is 0 Å². The molecular weight excluding hydrogens is 303 g/mol. The number of carbonyl (C=O) groups is 1. The molecule has 1 unspecified atom stereocenters. The van der Waals surface area contributed by atoms with Crippen LogP contribution in [-0.4, -0.2) is 41.9 Å². The lowest BCUT2D eigenvalue weighted by Crippen LogP contribution is -2.35. The molecule has 0 saturated heterocycles. The Labute approximate surface area is 127 Å². The van der Waals surface area contributed by atoms with Crippen molar-refractivity contribution in [2.45, 2.75) is 18.9 Å². The summed E-state index contributed by atoms with van der Waals surface area (Å²) >= 11 is 11.6. The molecule has 1 aromatic heterocycles. The highest BCUT2D eigenvalue weighted by Gasteiger charge is 2.21. The number of carbonyl (C=O) groups excluding carboxylic acids is 1. The van der Waals surface area contributed by atoms with E-state index in [4.69, 9.17) is 27.9 Å². The molecule has 1 aliphatic carbocycles. The molecule has 2 rings (SSSR count). The third kappa shape index (κ3) is 4.90. The highest BCUT2D eigenvalue weighted by molar-refractivity contribution is 6.34. The van der Waals surface area contributed by atoms with E-state index in [1.165, 1.54) is 25.0 Å². The van der Waals surface area contributed by atoms with E-state index in [0.717, 1.165) is 0 Å². The van der Waals surface area contributed by atoms with Crippen LogP contribution in [0, 0.1) is 5.92 Å². The average molecular weight is 319 g/mol. The second-order valence-corrected chi connectivity index (χ2v) is 5.60. The Hall–Kier alpha value is -0.880. The predicted octanol–water partition coefficient (Wildman–Crippen LogP) is 1.91. The number of hydrogen-bond donors (Lipinski definition) is 2. The highest BCUT2D eigenvalue weighted by atomic mass is 35.5. The van der Waals surface area contributed by atoms with Gasteiger partial charge in [-0.3, -0.25) is 4.79 Å². The SMILES string of the molecule is O=C(NCC(O)COCC1CC1)c1nc(Cl)ccc1Cl. The minimum atomic E-state index is -0.754. The standard InChI is InChI=1S/C13H16Cl2N2O3/c14-10-3-4-11(15)17-12(10)13(19)16-5-9(18)7-20-6-8-1-2-8/h3-4,8-9,18H,1-2,5-7H2,(H,16,19). The minimum Gasteiger partial charge on any atom is -0.389 e. The van der Waals surface area contributed by atoms with Crippen LogP contribution in [0.25, 0.3) is 0 Å². The molecule has 0 aliphatic heterocycles. The van der Waals surface area contributed by atoms with Gasteiger partial charge in [-0.2, -0.15) is 0 Å². The summed E-state index contributed by atoms with van der Waals surface area (Å²) in [6, 6.07) is 3.00. The summed E-state index contributed by atoms with van der Waals surface area (Å²) in [6.45, 7) is 0.953. The summed E-state index contributed by atoms with van der Waals surface area (Å²) in [5.41, 5.74) is 0.0465. The number of nitrogens with zero attached hydrogens (tertiary/aromatic N) is 1. The Balaban J connectivity index is 1.74. The van der Waals surface area contributed by atoms with E-state index in [1.54, 1.807) is 0 Å². The van der Waals surface area contributed by atoms with Crippen molar-refractivity contribution in [2.75, 3.05) is 19.8 Å². The second-order valence-electron chi connectivity index (χ2n) is 4.81. The van der Waals surface area contributed by atoms with Gasteiger partial charge >= 0.3 is 0 Å². The number of pyridine rings is 1. The number of halogens is 2. The molecular formula is C13H16Cl2N2O3. The van der Waals surface area contributed by atoms with E-state index < -0.39 is 12.0 Å². The van der Waals surface area contributed by atoms with Crippen molar-refractivity contribution in [3.63, 3.8) is 0 Å². The van der Waals surface area contributed by atoms with Crippen LogP contribution in [0.3, 0.4) is 0 Å². The zero-order valence-corrected chi connectivity index (χ0v) is 12.3. The van der Waals surface area contributed by atoms with Crippen LogP contribution in [-0.2, 0) is 4.74 Å². The van der Waals surface area contributed by atoms with Gasteiger partial charge in [0, 0.05) is 13.2 Å². The predicted molar refractivity (Wildman–Crippen MR) is 76.1 cm³/mol. The first-order valence-electron chi connectivity index (χ1n) is 6.42.